The summed E-state index contributed by atoms with van der Waals surface area (Å²) in [4.78, 5) is 20.1. The number of aromatic nitrogens is 2. The SMILES string of the molecule is CCCn1c(NC2CC2)nc2sc3c(c2c1=O)CCCC3. The van der Waals surface area contributed by atoms with Crippen LogP contribution in [0.2, 0.25) is 0 Å². The highest BCUT2D eigenvalue weighted by molar-refractivity contribution is 7.18. The van der Waals surface area contributed by atoms with Gasteiger partial charge in [-0.05, 0) is 50.5 Å². The molecule has 0 radical (unpaired) electrons. The molecule has 2 aromatic rings. The van der Waals surface area contributed by atoms with Gasteiger partial charge in [-0.25, -0.2) is 4.98 Å². The van der Waals surface area contributed by atoms with Crippen LogP contribution in [0.1, 0.15) is 49.5 Å². The summed E-state index contributed by atoms with van der Waals surface area (Å²) in [5.74, 6) is 0.787. The Morgan fingerprint density at radius 2 is 2.14 bits per heavy atom. The lowest BCUT2D eigenvalue weighted by molar-refractivity contribution is 0.651. The highest BCUT2D eigenvalue weighted by Gasteiger charge is 2.26. The van der Waals surface area contributed by atoms with Gasteiger partial charge < -0.3 is 5.32 Å². The summed E-state index contributed by atoms with van der Waals surface area (Å²) in [5, 5.41) is 4.35. The molecule has 0 unspecified atom stereocenters. The van der Waals surface area contributed by atoms with Crippen molar-refractivity contribution < 1.29 is 0 Å². The van der Waals surface area contributed by atoms with Crippen molar-refractivity contribution in [2.75, 3.05) is 5.32 Å². The van der Waals surface area contributed by atoms with Crippen molar-refractivity contribution >= 4 is 27.5 Å². The first-order valence-electron chi connectivity index (χ1n) is 8.09. The van der Waals surface area contributed by atoms with Crippen molar-refractivity contribution in [1.82, 2.24) is 9.55 Å². The van der Waals surface area contributed by atoms with Crippen molar-refractivity contribution in [1.29, 1.82) is 0 Å². The number of thiophene rings is 1. The Balaban J connectivity index is 1.92. The number of aryl methyl sites for hydroxylation is 2. The van der Waals surface area contributed by atoms with Crippen molar-refractivity contribution in [3.8, 4) is 0 Å². The molecule has 0 aliphatic heterocycles. The first-order chi connectivity index (χ1) is 10.3. The van der Waals surface area contributed by atoms with E-state index in [1.807, 2.05) is 4.57 Å². The van der Waals surface area contributed by atoms with Crippen LogP contribution in [0.4, 0.5) is 5.95 Å². The number of anilines is 1. The fourth-order valence-electron chi connectivity index (χ4n) is 3.19. The molecule has 0 atom stereocenters. The maximum atomic E-state index is 13.0. The number of nitrogens with zero attached hydrogens (tertiary/aromatic N) is 2. The van der Waals surface area contributed by atoms with Crippen LogP contribution in [0.25, 0.3) is 10.2 Å². The van der Waals surface area contributed by atoms with E-state index in [4.69, 9.17) is 4.98 Å². The molecule has 2 aliphatic rings. The third-order valence-corrected chi connectivity index (χ3v) is 5.62. The van der Waals surface area contributed by atoms with E-state index in [-0.39, 0.29) is 5.56 Å². The average Bonchev–Trinajstić information content (AvgIpc) is 3.21. The first kappa shape index (κ1) is 13.3. The summed E-state index contributed by atoms with van der Waals surface area (Å²) in [6.07, 6.45) is 7.97. The zero-order valence-electron chi connectivity index (χ0n) is 12.4. The maximum Gasteiger partial charge on any atom is 0.263 e. The molecular weight excluding hydrogens is 282 g/mol. The number of fused-ring (bicyclic) bond motifs is 3. The first-order valence-corrected chi connectivity index (χ1v) is 8.91. The van der Waals surface area contributed by atoms with Gasteiger partial charge in [-0.3, -0.25) is 9.36 Å². The number of hydrogen-bond acceptors (Lipinski definition) is 4. The van der Waals surface area contributed by atoms with Crippen LogP contribution in [0.15, 0.2) is 4.79 Å². The smallest absolute Gasteiger partial charge is 0.263 e. The summed E-state index contributed by atoms with van der Waals surface area (Å²) < 4.78 is 1.86. The number of nitrogens with one attached hydrogen (secondary N) is 1. The van der Waals surface area contributed by atoms with E-state index in [1.54, 1.807) is 11.3 Å². The molecule has 112 valence electrons. The predicted molar refractivity (Wildman–Crippen MR) is 87.5 cm³/mol. The Morgan fingerprint density at radius 1 is 1.33 bits per heavy atom. The predicted octanol–water partition coefficient (Wildman–Crippen LogP) is 3.32. The lowest BCUT2D eigenvalue weighted by Gasteiger charge is -2.14. The summed E-state index contributed by atoms with van der Waals surface area (Å²) in [6.45, 7) is 2.86. The number of hydrogen-bond donors (Lipinski definition) is 1. The Labute approximate surface area is 128 Å². The van der Waals surface area contributed by atoms with Gasteiger partial charge in [0.15, 0.2) is 0 Å². The topological polar surface area (TPSA) is 46.9 Å². The molecule has 0 amide bonds. The maximum absolute atomic E-state index is 13.0. The van der Waals surface area contributed by atoms with E-state index >= 15 is 0 Å². The minimum atomic E-state index is 0.171. The highest BCUT2D eigenvalue weighted by Crippen LogP contribution is 2.34. The minimum Gasteiger partial charge on any atom is -0.353 e. The van der Waals surface area contributed by atoms with E-state index in [2.05, 4.69) is 12.2 Å². The van der Waals surface area contributed by atoms with Gasteiger partial charge >= 0.3 is 0 Å². The summed E-state index contributed by atoms with van der Waals surface area (Å²) in [7, 11) is 0. The molecule has 4 rings (SSSR count). The van der Waals surface area contributed by atoms with Gasteiger partial charge in [-0.1, -0.05) is 6.92 Å². The zero-order valence-corrected chi connectivity index (χ0v) is 13.3. The van der Waals surface area contributed by atoms with Crippen LogP contribution in [-0.2, 0) is 19.4 Å². The Bertz CT molecular complexity index is 742. The Morgan fingerprint density at radius 3 is 2.90 bits per heavy atom. The third kappa shape index (κ3) is 2.27. The molecule has 1 saturated carbocycles. The van der Waals surface area contributed by atoms with Gasteiger partial charge in [0.1, 0.15) is 4.83 Å². The standard InChI is InChI=1S/C16H21N3OS/c1-2-9-19-15(20)13-11-5-3-4-6-12(11)21-14(13)18-16(19)17-10-7-8-10/h10H,2-9H2,1H3,(H,17,18). The number of rotatable bonds is 4. The second-order valence-electron chi connectivity index (χ2n) is 6.20. The molecule has 1 N–H and O–H groups in total. The fourth-order valence-corrected chi connectivity index (χ4v) is 4.44. The van der Waals surface area contributed by atoms with Crippen molar-refractivity contribution in [3.05, 3.63) is 20.8 Å². The Hall–Kier alpha value is -1.36. The van der Waals surface area contributed by atoms with Crippen LogP contribution in [0, 0.1) is 0 Å². The van der Waals surface area contributed by atoms with Crippen molar-refractivity contribution in [2.24, 2.45) is 0 Å². The van der Waals surface area contributed by atoms with Gasteiger partial charge in [0.25, 0.3) is 5.56 Å². The van der Waals surface area contributed by atoms with E-state index < -0.39 is 0 Å². The van der Waals surface area contributed by atoms with E-state index in [9.17, 15) is 4.79 Å². The van der Waals surface area contributed by atoms with Crippen molar-refractivity contribution in [2.45, 2.75) is 64.5 Å². The van der Waals surface area contributed by atoms with Crippen LogP contribution < -0.4 is 10.9 Å². The van der Waals surface area contributed by atoms with Crippen LogP contribution in [0.3, 0.4) is 0 Å². The normalized spacial score (nSPS) is 18.0. The van der Waals surface area contributed by atoms with Gasteiger partial charge in [0.05, 0.1) is 5.39 Å². The third-order valence-electron chi connectivity index (χ3n) is 4.43. The molecule has 0 saturated heterocycles. The van der Waals surface area contributed by atoms with Gasteiger partial charge in [0, 0.05) is 17.5 Å². The molecule has 4 nitrogen and oxygen atoms in total. The molecule has 5 heteroatoms. The monoisotopic (exact) mass is 303 g/mol. The zero-order chi connectivity index (χ0) is 14.4. The fraction of sp³-hybridized carbons (Fsp3) is 0.625. The van der Waals surface area contributed by atoms with Crippen LogP contribution in [-0.4, -0.2) is 15.6 Å². The molecule has 1 fully saturated rings. The second-order valence-corrected chi connectivity index (χ2v) is 7.29. The highest BCUT2D eigenvalue weighted by atomic mass is 32.1. The summed E-state index contributed by atoms with van der Waals surface area (Å²) in [5.41, 5.74) is 1.46. The quantitative estimate of drug-likeness (QED) is 0.942. The molecule has 2 aromatic heterocycles. The largest absolute Gasteiger partial charge is 0.353 e. The molecule has 0 spiro atoms. The van der Waals surface area contributed by atoms with E-state index in [1.165, 1.54) is 36.1 Å². The molecule has 0 aromatic carbocycles. The molecule has 0 bridgehead atoms. The lowest BCUT2D eigenvalue weighted by atomic mass is 9.97. The molecule has 2 heterocycles. The molecule has 2 aliphatic carbocycles. The van der Waals surface area contributed by atoms with Gasteiger partial charge in [-0.15, -0.1) is 11.3 Å². The van der Waals surface area contributed by atoms with E-state index in [0.29, 0.717) is 6.04 Å². The summed E-state index contributed by atoms with van der Waals surface area (Å²) in [6, 6.07) is 0.520. The Kier molecular flexibility index (Phi) is 3.25. The minimum absolute atomic E-state index is 0.171. The average molecular weight is 303 g/mol. The second kappa shape index (κ2) is 5.13. The van der Waals surface area contributed by atoms with E-state index in [0.717, 1.165) is 42.0 Å². The van der Waals surface area contributed by atoms with Gasteiger partial charge in [-0.2, -0.15) is 0 Å². The van der Waals surface area contributed by atoms with Gasteiger partial charge in [0.2, 0.25) is 5.95 Å². The lowest BCUT2D eigenvalue weighted by Crippen LogP contribution is -2.26. The molecular formula is C16H21N3OS. The van der Waals surface area contributed by atoms with Crippen molar-refractivity contribution in [3.63, 3.8) is 0 Å². The van der Waals surface area contributed by atoms with Crippen LogP contribution in [0.5, 0.6) is 0 Å². The summed E-state index contributed by atoms with van der Waals surface area (Å²) >= 11 is 1.74. The molecule has 21 heavy (non-hydrogen) atoms. The van der Waals surface area contributed by atoms with Crippen LogP contribution >= 0.6 is 11.3 Å².